The van der Waals surface area contributed by atoms with Crippen LogP contribution in [0.15, 0.2) is 21.9 Å². The monoisotopic (exact) mass is 262 g/mol. The predicted molar refractivity (Wildman–Crippen MR) is 60.0 cm³/mol. The number of nitrogens with zero attached hydrogens (tertiary/aromatic N) is 1. The average Bonchev–Trinajstić information content (AvgIpc) is 2.73. The summed E-state index contributed by atoms with van der Waals surface area (Å²) in [6.45, 7) is -0.297. The normalized spacial score (nSPS) is 26.6. The first-order valence-corrected chi connectivity index (χ1v) is 5.28. The van der Waals surface area contributed by atoms with Gasteiger partial charge in [-0.15, -0.1) is 0 Å². The van der Waals surface area contributed by atoms with Crippen molar-refractivity contribution in [2.24, 2.45) is 0 Å². The minimum atomic E-state index is -1.37. The molecule has 0 saturated carbocycles. The van der Waals surface area contributed by atoms with Crippen molar-refractivity contribution in [3.8, 4) is 0 Å². The van der Waals surface area contributed by atoms with Gasteiger partial charge in [-0.25, -0.2) is 9.18 Å². The van der Waals surface area contributed by atoms with Crippen molar-refractivity contribution in [3.63, 3.8) is 0 Å². The van der Waals surface area contributed by atoms with Crippen LogP contribution >= 0.6 is 0 Å². The van der Waals surface area contributed by atoms with Gasteiger partial charge in [0.1, 0.15) is 6.17 Å². The lowest BCUT2D eigenvalue weighted by Gasteiger charge is -2.15. The lowest BCUT2D eigenvalue weighted by molar-refractivity contribution is -0.0394. The largest absolute Gasteiger partial charge is 0.400 e. The molecule has 2 heterocycles. The maximum Gasteiger partial charge on any atom is 0.330 e. The molecule has 0 aromatic carbocycles. The van der Waals surface area contributed by atoms with E-state index in [1.807, 2.05) is 4.98 Å². The highest BCUT2D eigenvalue weighted by atomic mass is 19.1. The number of rotatable bonds is 2. The molecular formula is C10H15FN2O5. The second-order valence-corrected chi connectivity index (χ2v) is 3.60. The van der Waals surface area contributed by atoms with E-state index >= 15 is 0 Å². The topological polar surface area (TPSA) is 105 Å². The fourth-order valence-corrected chi connectivity index (χ4v) is 1.69. The minimum Gasteiger partial charge on any atom is -0.400 e. The molecule has 0 amide bonds. The number of aliphatic hydroxyl groups is 2. The number of aromatic nitrogens is 2. The number of ether oxygens (including phenoxy) is 1. The zero-order chi connectivity index (χ0) is 13.7. The molecule has 0 aliphatic carbocycles. The summed E-state index contributed by atoms with van der Waals surface area (Å²) < 4.78 is 19.6. The van der Waals surface area contributed by atoms with Crippen molar-refractivity contribution in [2.75, 3.05) is 13.7 Å². The molecule has 1 aliphatic rings. The Bertz CT molecular complexity index is 486. The first kappa shape index (κ1) is 14.6. The van der Waals surface area contributed by atoms with Gasteiger partial charge in [0, 0.05) is 25.8 Å². The molecule has 1 fully saturated rings. The number of H-pyrrole nitrogens is 1. The highest BCUT2D eigenvalue weighted by Gasteiger charge is 2.36. The van der Waals surface area contributed by atoms with Gasteiger partial charge in [0.05, 0.1) is 12.7 Å². The van der Waals surface area contributed by atoms with Crippen LogP contribution in [-0.2, 0) is 4.74 Å². The number of aliphatic hydroxyl groups excluding tert-OH is 2. The maximum absolute atomic E-state index is 13.5. The van der Waals surface area contributed by atoms with Gasteiger partial charge in [-0.3, -0.25) is 14.3 Å². The molecule has 8 heteroatoms. The lowest BCUT2D eigenvalue weighted by atomic mass is 10.2. The van der Waals surface area contributed by atoms with Crippen molar-refractivity contribution < 1.29 is 19.3 Å². The number of hydrogen-bond donors (Lipinski definition) is 3. The highest BCUT2D eigenvalue weighted by molar-refractivity contribution is 4.88. The first-order chi connectivity index (χ1) is 8.61. The van der Waals surface area contributed by atoms with Gasteiger partial charge in [-0.05, 0) is 0 Å². The Hall–Kier alpha value is -1.51. The van der Waals surface area contributed by atoms with Crippen molar-refractivity contribution in [1.82, 2.24) is 9.55 Å². The fraction of sp³-hybridized carbons (Fsp3) is 0.600. The summed E-state index contributed by atoms with van der Waals surface area (Å²) in [5, 5.41) is 15.8. The van der Waals surface area contributed by atoms with Gasteiger partial charge < -0.3 is 14.9 Å². The SMILES string of the molecule is CO.O=c1ccn(C2OC(CO)CC2F)c(=O)[nH]1. The molecule has 3 atom stereocenters. The summed E-state index contributed by atoms with van der Waals surface area (Å²) in [5.41, 5.74) is -1.27. The van der Waals surface area contributed by atoms with Gasteiger partial charge in [-0.1, -0.05) is 0 Å². The average molecular weight is 262 g/mol. The molecular weight excluding hydrogens is 247 g/mol. The van der Waals surface area contributed by atoms with E-state index in [0.29, 0.717) is 0 Å². The van der Waals surface area contributed by atoms with Crippen LogP contribution in [-0.4, -0.2) is 45.8 Å². The first-order valence-electron chi connectivity index (χ1n) is 5.28. The molecule has 0 bridgehead atoms. The molecule has 1 saturated heterocycles. The molecule has 3 unspecified atom stereocenters. The van der Waals surface area contributed by atoms with Crippen LogP contribution in [0.2, 0.25) is 0 Å². The molecule has 1 aromatic rings. The number of aromatic amines is 1. The minimum absolute atomic E-state index is 0.0345. The molecule has 0 spiro atoms. The van der Waals surface area contributed by atoms with Crippen LogP contribution < -0.4 is 11.2 Å². The summed E-state index contributed by atoms with van der Waals surface area (Å²) in [7, 11) is 1.00. The van der Waals surface area contributed by atoms with E-state index in [-0.39, 0.29) is 13.0 Å². The molecule has 2 rings (SSSR count). The van der Waals surface area contributed by atoms with Crippen LogP contribution in [0.3, 0.4) is 0 Å². The van der Waals surface area contributed by atoms with Crippen molar-refractivity contribution in [2.45, 2.75) is 24.9 Å². The van der Waals surface area contributed by atoms with E-state index in [1.165, 1.54) is 6.20 Å². The van der Waals surface area contributed by atoms with Crippen LogP contribution in [0.1, 0.15) is 12.6 Å². The summed E-state index contributed by atoms with van der Waals surface area (Å²) in [6, 6.07) is 1.11. The predicted octanol–water partition coefficient (Wildman–Crippen LogP) is -1.24. The Morgan fingerprint density at radius 2 is 2.22 bits per heavy atom. The number of halogens is 1. The Morgan fingerprint density at radius 1 is 1.56 bits per heavy atom. The third-order valence-electron chi connectivity index (χ3n) is 2.46. The van der Waals surface area contributed by atoms with E-state index in [0.717, 1.165) is 17.7 Å². The quantitative estimate of drug-likeness (QED) is 0.618. The van der Waals surface area contributed by atoms with E-state index < -0.39 is 29.8 Å². The van der Waals surface area contributed by atoms with Crippen LogP contribution in [0.25, 0.3) is 0 Å². The summed E-state index contributed by atoms with van der Waals surface area (Å²) in [6.07, 6.45) is -1.86. The molecule has 3 N–H and O–H groups in total. The number of hydrogen-bond acceptors (Lipinski definition) is 5. The number of nitrogens with one attached hydrogen (secondary N) is 1. The molecule has 102 valence electrons. The molecule has 7 nitrogen and oxygen atoms in total. The zero-order valence-electron chi connectivity index (χ0n) is 9.75. The molecule has 1 aromatic heterocycles. The Labute approximate surface area is 101 Å². The zero-order valence-corrected chi connectivity index (χ0v) is 9.75. The standard InChI is InChI=1S/C9H11FN2O4.CH4O/c10-6-3-5(4-13)16-8(6)12-2-1-7(14)11-9(12)15;1-2/h1-2,5-6,8,13H,3-4H2,(H,11,14,15);2H,1H3. The van der Waals surface area contributed by atoms with Crippen molar-refractivity contribution >= 4 is 0 Å². The fourth-order valence-electron chi connectivity index (χ4n) is 1.69. The Kier molecular flexibility index (Phi) is 5.20. The van der Waals surface area contributed by atoms with Gasteiger partial charge in [0.15, 0.2) is 6.23 Å². The van der Waals surface area contributed by atoms with Gasteiger partial charge in [0.2, 0.25) is 0 Å². The lowest BCUT2D eigenvalue weighted by Crippen LogP contribution is -2.34. The van der Waals surface area contributed by atoms with Gasteiger partial charge >= 0.3 is 5.69 Å². The maximum atomic E-state index is 13.5. The van der Waals surface area contributed by atoms with Crippen LogP contribution in [0, 0.1) is 0 Å². The number of alkyl halides is 1. The molecule has 18 heavy (non-hydrogen) atoms. The van der Waals surface area contributed by atoms with E-state index in [9.17, 15) is 14.0 Å². The van der Waals surface area contributed by atoms with Crippen molar-refractivity contribution in [1.29, 1.82) is 0 Å². The molecule has 1 aliphatic heterocycles. The Morgan fingerprint density at radius 3 is 2.72 bits per heavy atom. The van der Waals surface area contributed by atoms with Gasteiger partial charge in [-0.2, -0.15) is 0 Å². The molecule has 0 radical (unpaired) electrons. The third kappa shape index (κ3) is 3.03. The van der Waals surface area contributed by atoms with E-state index in [1.54, 1.807) is 0 Å². The summed E-state index contributed by atoms with van der Waals surface area (Å²) in [4.78, 5) is 24.2. The highest BCUT2D eigenvalue weighted by Crippen LogP contribution is 2.29. The second kappa shape index (κ2) is 6.43. The second-order valence-electron chi connectivity index (χ2n) is 3.60. The summed E-state index contributed by atoms with van der Waals surface area (Å²) in [5.74, 6) is 0. The van der Waals surface area contributed by atoms with Crippen LogP contribution in [0.5, 0.6) is 0 Å². The van der Waals surface area contributed by atoms with Crippen LogP contribution in [0.4, 0.5) is 4.39 Å². The van der Waals surface area contributed by atoms with E-state index in [4.69, 9.17) is 14.9 Å². The van der Waals surface area contributed by atoms with Gasteiger partial charge in [0.25, 0.3) is 5.56 Å². The van der Waals surface area contributed by atoms with E-state index in [2.05, 4.69) is 0 Å². The Balaban J connectivity index is 0.000000771. The third-order valence-corrected chi connectivity index (χ3v) is 2.46. The summed E-state index contributed by atoms with van der Waals surface area (Å²) >= 11 is 0. The smallest absolute Gasteiger partial charge is 0.330 e. The van der Waals surface area contributed by atoms with Crippen molar-refractivity contribution in [3.05, 3.63) is 33.1 Å².